The predicted octanol–water partition coefficient (Wildman–Crippen LogP) is 1.85. The third-order valence-electron chi connectivity index (χ3n) is 2.58. The van der Waals surface area contributed by atoms with Crippen molar-refractivity contribution in [3.05, 3.63) is 16.6 Å². The molecule has 0 saturated heterocycles. The van der Waals surface area contributed by atoms with Gasteiger partial charge in [0.05, 0.1) is 17.2 Å². The van der Waals surface area contributed by atoms with E-state index >= 15 is 0 Å². The molecule has 1 atom stereocenters. The average molecular weight is 229 g/mol. The second-order valence-corrected chi connectivity index (χ2v) is 5.04. The van der Waals surface area contributed by atoms with Gasteiger partial charge in [-0.25, -0.2) is 0 Å². The quantitative estimate of drug-likeness (QED) is 0.577. The lowest BCUT2D eigenvalue weighted by molar-refractivity contribution is 0.0117. The van der Waals surface area contributed by atoms with Crippen molar-refractivity contribution < 1.29 is 4.74 Å². The maximum absolute atomic E-state index is 5.52. The number of thiazole rings is 1. The lowest BCUT2D eigenvalue weighted by Gasteiger charge is -2.25. The van der Waals surface area contributed by atoms with Crippen LogP contribution in [0.5, 0.6) is 0 Å². The summed E-state index contributed by atoms with van der Waals surface area (Å²) in [4.78, 5) is 5.22. The molecule has 4 nitrogen and oxygen atoms in total. The molecule has 0 aliphatic rings. The van der Waals surface area contributed by atoms with Crippen molar-refractivity contribution in [2.75, 3.05) is 7.11 Å². The number of nitrogens with zero attached hydrogens (tertiary/aromatic N) is 1. The van der Waals surface area contributed by atoms with Crippen LogP contribution < -0.4 is 11.3 Å². The topological polar surface area (TPSA) is 60.2 Å². The normalized spacial score (nSPS) is 14.1. The van der Waals surface area contributed by atoms with Gasteiger partial charge in [-0.05, 0) is 26.7 Å². The summed E-state index contributed by atoms with van der Waals surface area (Å²) in [6, 6.07) is 0.173. The Morgan fingerprint density at radius 2 is 2.40 bits per heavy atom. The molecular weight excluding hydrogens is 210 g/mol. The monoisotopic (exact) mass is 229 g/mol. The molecule has 0 aromatic carbocycles. The molecule has 3 N–H and O–H groups in total. The van der Waals surface area contributed by atoms with E-state index in [1.165, 1.54) is 4.88 Å². The first-order chi connectivity index (χ1) is 7.09. The number of methoxy groups -OCH3 is 1. The minimum Gasteiger partial charge on any atom is -0.379 e. The number of aromatic nitrogens is 1. The van der Waals surface area contributed by atoms with Crippen LogP contribution in [0.3, 0.4) is 0 Å². The van der Waals surface area contributed by atoms with Crippen LogP contribution in [0.2, 0.25) is 0 Å². The third kappa shape index (κ3) is 3.87. The maximum atomic E-state index is 5.52. The Bertz CT molecular complexity index is 274. The van der Waals surface area contributed by atoms with Gasteiger partial charge >= 0.3 is 0 Å². The molecule has 15 heavy (non-hydrogen) atoms. The molecule has 1 unspecified atom stereocenters. The van der Waals surface area contributed by atoms with Gasteiger partial charge < -0.3 is 4.74 Å². The molecule has 0 aliphatic carbocycles. The predicted molar refractivity (Wildman–Crippen MR) is 62.5 cm³/mol. The zero-order chi connectivity index (χ0) is 11.3. The molecule has 1 heterocycles. The van der Waals surface area contributed by atoms with Crippen LogP contribution in [0.25, 0.3) is 0 Å². The van der Waals surface area contributed by atoms with Gasteiger partial charge in [0.2, 0.25) is 0 Å². The van der Waals surface area contributed by atoms with Gasteiger partial charge in [0, 0.05) is 18.2 Å². The van der Waals surface area contributed by atoms with Gasteiger partial charge in [-0.2, -0.15) is 0 Å². The summed E-state index contributed by atoms with van der Waals surface area (Å²) < 4.78 is 5.37. The van der Waals surface area contributed by atoms with Gasteiger partial charge in [-0.3, -0.25) is 16.3 Å². The van der Waals surface area contributed by atoms with Crippen molar-refractivity contribution in [2.45, 2.75) is 38.3 Å². The Labute approximate surface area is 94.8 Å². The molecule has 1 rings (SSSR count). The lowest BCUT2D eigenvalue weighted by Crippen LogP contribution is -2.30. The van der Waals surface area contributed by atoms with Gasteiger partial charge in [0.15, 0.2) is 0 Å². The van der Waals surface area contributed by atoms with Crippen molar-refractivity contribution in [3.63, 3.8) is 0 Å². The Kier molecular flexibility index (Phi) is 4.66. The number of nitrogens with two attached hydrogens (primary N) is 1. The van der Waals surface area contributed by atoms with E-state index in [9.17, 15) is 0 Å². The largest absolute Gasteiger partial charge is 0.379 e. The van der Waals surface area contributed by atoms with E-state index in [0.717, 1.165) is 12.8 Å². The number of ether oxygens (including phenoxy) is 1. The first kappa shape index (κ1) is 12.6. The molecule has 0 spiro atoms. The Hall–Kier alpha value is -0.490. The van der Waals surface area contributed by atoms with Crippen LogP contribution >= 0.6 is 11.3 Å². The van der Waals surface area contributed by atoms with E-state index in [2.05, 4.69) is 24.3 Å². The van der Waals surface area contributed by atoms with Crippen molar-refractivity contribution in [1.29, 1.82) is 0 Å². The summed E-state index contributed by atoms with van der Waals surface area (Å²) in [5.41, 5.74) is 4.54. The number of hydrazine groups is 1. The molecule has 0 amide bonds. The van der Waals surface area contributed by atoms with Crippen LogP contribution in [-0.2, 0) is 4.74 Å². The zero-order valence-corrected chi connectivity index (χ0v) is 10.3. The highest BCUT2D eigenvalue weighted by Gasteiger charge is 2.20. The van der Waals surface area contributed by atoms with Crippen LogP contribution in [0, 0.1) is 0 Å². The molecule has 0 aliphatic heterocycles. The van der Waals surface area contributed by atoms with E-state index in [-0.39, 0.29) is 11.6 Å². The van der Waals surface area contributed by atoms with Gasteiger partial charge in [-0.1, -0.05) is 0 Å². The summed E-state index contributed by atoms with van der Waals surface area (Å²) in [6.07, 6.45) is 3.75. The molecule has 1 aromatic rings. The fourth-order valence-electron chi connectivity index (χ4n) is 1.30. The SMILES string of the molecule is COC(C)(C)CCC(NN)c1cncs1. The van der Waals surface area contributed by atoms with Crippen LogP contribution in [-0.4, -0.2) is 17.7 Å². The average Bonchev–Trinajstić information content (AvgIpc) is 2.72. The van der Waals surface area contributed by atoms with Gasteiger partial charge in [-0.15, -0.1) is 11.3 Å². The molecular formula is C10H19N3OS. The number of hydrogen-bond donors (Lipinski definition) is 2. The summed E-state index contributed by atoms with van der Waals surface area (Å²) in [6.45, 7) is 4.15. The second-order valence-electron chi connectivity index (χ2n) is 4.13. The van der Waals surface area contributed by atoms with E-state index in [1.54, 1.807) is 18.4 Å². The summed E-state index contributed by atoms with van der Waals surface area (Å²) in [7, 11) is 1.73. The number of nitrogens with one attached hydrogen (secondary N) is 1. The smallest absolute Gasteiger partial charge is 0.0794 e. The molecule has 1 aromatic heterocycles. The summed E-state index contributed by atoms with van der Waals surface area (Å²) in [5.74, 6) is 5.52. The second kappa shape index (κ2) is 5.55. The first-order valence-corrected chi connectivity index (χ1v) is 5.86. The maximum Gasteiger partial charge on any atom is 0.0794 e. The fraction of sp³-hybridized carbons (Fsp3) is 0.700. The van der Waals surface area contributed by atoms with Crippen molar-refractivity contribution >= 4 is 11.3 Å². The highest BCUT2D eigenvalue weighted by Crippen LogP contribution is 2.25. The van der Waals surface area contributed by atoms with Crippen LogP contribution in [0.15, 0.2) is 11.7 Å². The first-order valence-electron chi connectivity index (χ1n) is 4.99. The minimum absolute atomic E-state index is 0.0974. The van der Waals surface area contributed by atoms with Crippen molar-refractivity contribution in [2.24, 2.45) is 5.84 Å². The van der Waals surface area contributed by atoms with Crippen LogP contribution in [0.4, 0.5) is 0 Å². The highest BCUT2D eigenvalue weighted by atomic mass is 32.1. The summed E-state index contributed by atoms with van der Waals surface area (Å²) >= 11 is 1.62. The van der Waals surface area contributed by atoms with Gasteiger partial charge in [0.1, 0.15) is 0 Å². The molecule has 86 valence electrons. The zero-order valence-electron chi connectivity index (χ0n) is 9.49. The molecule has 0 radical (unpaired) electrons. The Balaban J connectivity index is 2.49. The fourth-order valence-corrected chi connectivity index (χ4v) is 2.01. The third-order valence-corrected chi connectivity index (χ3v) is 3.47. The number of rotatable bonds is 6. The van der Waals surface area contributed by atoms with Crippen LogP contribution in [0.1, 0.15) is 37.6 Å². The minimum atomic E-state index is -0.0974. The Morgan fingerprint density at radius 3 is 2.87 bits per heavy atom. The van der Waals surface area contributed by atoms with Crippen molar-refractivity contribution in [3.8, 4) is 0 Å². The summed E-state index contributed by atoms with van der Waals surface area (Å²) in [5, 5.41) is 0. The van der Waals surface area contributed by atoms with Crippen molar-refractivity contribution in [1.82, 2.24) is 10.4 Å². The highest BCUT2D eigenvalue weighted by molar-refractivity contribution is 7.09. The van der Waals surface area contributed by atoms with Gasteiger partial charge in [0.25, 0.3) is 0 Å². The van der Waals surface area contributed by atoms with E-state index < -0.39 is 0 Å². The molecule has 0 fully saturated rings. The standard InChI is InChI=1S/C10H19N3OS/c1-10(2,14-3)5-4-8(13-11)9-6-12-7-15-9/h6-8,13H,4-5,11H2,1-3H3. The molecule has 0 bridgehead atoms. The molecule has 0 saturated carbocycles. The lowest BCUT2D eigenvalue weighted by atomic mass is 9.99. The Morgan fingerprint density at radius 1 is 1.67 bits per heavy atom. The van der Waals surface area contributed by atoms with E-state index in [1.807, 2.05) is 11.7 Å². The van der Waals surface area contributed by atoms with E-state index in [0.29, 0.717) is 0 Å². The van der Waals surface area contributed by atoms with E-state index in [4.69, 9.17) is 10.6 Å². The molecule has 5 heteroatoms. The number of hydrogen-bond acceptors (Lipinski definition) is 5.